The zero-order valence-corrected chi connectivity index (χ0v) is 12.7. The van der Waals surface area contributed by atoms with E-state index < -0.39 is 0 Å². The summed E-state index contributed by atoms with van der Waals surface area (Å²) in [5, 5.41) is 6.30. The molecule has 0 radical (unpaired) electrons. The lowest BCUT2D eigenvalue weighted by Crippen LogP contribution is -2.41. The second-order valence-corrected chi connectivity index (χ2v) is 5.42. The molecule has 0 bridgehead atoms. The lowest BCUT2D eigenvalue weighted by atomic mass is 10.0. The Labute approximate surface area is 125 Å². The average Bonchev–Trinajstić information content (AvgIpc) is 2.94. The van der Waals surface area contributed by atoms with Gasteiger partial charge in [0.2, 0.25) is 0 Å². The molecule has 1 heterocycles. The van der Waals surface area contributed by atoms with Gasteiger partial charge in [0.25, 0.3) is 0 Å². The SMILES string of the molecule is CCNC(=O)N1CC[C@H](N[C@H](CC)c2ccccc2F)C1. The molecule has 0 saturated carbocycles. The van der Waals surface area contributed by atoms with Crippen molar-refractivity contribution in [2.75, 3.05) is 19.6 Å². The van der Waals surface area contributed by atoms with Crippen LogP contribution >= 0.6 is 0 Å². The lowest BCUT2D eigenvalue weighted by molar-refractivity contribution is 0.208. The van der Waals surface area contributed by atoms with Gasteiger partial charge in [0.1, 0.15) is 5.82 Å². The summed E-state index contributed by atoms with van der Waals surface area (Å²) in [6.45, 7) is 6.02. The number of carbonyl (C=O) groups excluding carboxylic acids is 1. The minimum Gasteiger partial charge on any atom is -0.338 e. The standard InChI is InChI=1S/C16H24FN3O/c1-3-15(13-7-5-6-8-14(13)17)19-12-9-10-20(11-12)16(21)18-4-2/h5-8,12,15,19H,3-4,9-11H2,1-2H3,(H,18,21)/t12-,15+/m0/s1. The van der Waals surface area contributed by atoms with Gasteiger partial charge in [0.05, 0.1) is 0 Å². The molecule has 2 amide bonds. The molecule has 5 heteroatoms. The number of hydrogen-bond donors (Lipinski definition) is 2. The highest BCUT2D eigenvalue weighted by atomic mass is 19.1. The van der Waals surface area contributed by atoms with Gasteiger partial charge in [-0.2, -0.15) is 0 Å². The van der Waals surface area contributed by atoms with Gasteiger partial charge in [-0.25, -0.2) is 9.18 Å². The van der Waals surface area contributed by atoms with E-state index in [9.17, 15) is 9.18 Å². The highest BCUT2D eigenvalue weighted by Gasteiger charge is 2.28. The molecule has 4 nitrogen and oxygen atoms in total. The summed E-state index contributed by atoms with van der Waals surface area (Å²) < 4.78 is 13.9. The fourth-order valence-electron chi connectivity index (χ4n) is 2.81. The Kier molecular flexibility index (Phi) is 5.56. The van der Waals surface area contributed by atoms with Gasteiger partial charge >= 0.3 is 6.03 Å². The van der Waals surface area contributed by atoms with Crippen molar-refractivity contribution >= 4 is 6.03 Å². The van der Waals surface area contributed by atoms with Crippen molar-refractivity contribution in [3.8, 4) is 0 Å². The molecule has 2 rings (SSSR count). The molecule has 1 aliphatic heterocycles. The first-order valence-electron chi connectivity index (χ1n) is 7.69. The molecular weight excluding hydrogens is 269 g/mol. The summed E-state index contributed by atoms with van der Waals surface area (Å²) >= 11 is 0. The fraction of sp³-hybridized carbons (Fsp3) is 0.562. The van der Waals surface area contributed by atoms with E-state index >= 15 is 0 Å². The van der Waals surface area contributed by atoms with Crippen LogP contribution in [-0.2, 0) is 0 Å². The Morgan fingerprint density at radius 1 is 1.43 bits per heavy atom. The van der Waals surface area contributed by atoms with E-state index in [-0.39, 0.29) is 23.9 Å². The van der Waals surface area contributed by atoms with Crippen LogP contribution in [0, 0.1) is 5.82 Å². The predicted molar refractivity (Wildman–Crippen MR) is 81.6 cm³/mol. The molecule has 1 aromatic carbocycles. The largest absolute Gasteiger partial charge is 0.338 e. The number of amides is 2. The topological polar surface area (TPSA) is 44.4 Å². The number of halogens is 1. The van der Waals surface area contributed by atoms with Crippen LogP contribution in [0.2, 0.25) is 0 Å². The van der Waals surface area contributed by atoms with Crippen LogP contribution in [0.15, 0.2) is 24.3 Å². The van der Waals surface area contributed by atoms with Gasteiger partial charge in [-0.15, -0.1) is 0 Å². The van der Waals surface area contributed by atoms with Crippen molar-refractivity contribution < 1.29 is 9.18 Å². The molecule has 2 atom stereocenters. The molecule has 1 fully saturated rings. The molecule has 0 unspecified atom stereocenters. The number of hydrogen-bond acceptors (Lipinski definition) is 2. The third-order valence-corrected chi connectivity index (χ3v) is 3.93. The average molecular weight is 293 g/mol. The lowest BCUT2D eigenvalue weighted by Gasteiger charge is -2.23. The number of benzene rings is 1. The highest BCUT2D eigenvalue weighted by Crippen LogP contribution is 2.22. The summed E-state index contributed by atoms with van der Waals surface area (Å²) in [5.74, 6) is -0.171. The van der Waals surface area contributed by atoms with Gasteiger partial charge in [-0.05, 0) is 25.8 Å². The van der Waals surface area contributed by atoms with Crippen LogP contribution in [-0.4, -0.2) is 36.6 Å². The van der Waals surface area contributed by atoms with Gasteiger partial charge in [0, 0.05) is 37.3 Å². The van der Waals surface area contributed by atoms with Crippen LogP contribution in [0.5, 0.6) is 0 Å². The molecule has 0 aromatic heterocycles. The van der Waals surface area contributed by atoms with Crippen molar-refractivity contribution in [2.24, 2.45) is 0 Å². The Morgan fingerprint density at radius 2 is 2.19 bits per heavy atom. The van der Waals surface area contributed by atoms with Gasteiger partial charge < -0.3 is 15.5 Å². The first-order valence-corrected chi connectivity index (χ1v) is 7.69. The smallest absolute Gasteiger partial charge is 0.317 e. The molecule has 0 spiro atoms. The van der Waals surface area contributed by atoms with Crippen LogP contribution in [0.1, 0.15) is 38.3 Å². The number of urea groups is 1. The maximum Gasteiger partial charge on any atom is 0.317 e. The van der Waals surface area contributed by atoms with Gasteiger partial charge in [0.15, 0.2) is 0 Å². The summed E-state index contributed by atoms with van der Waals surface area (Å²) in [7, 11) is 0. The molecule has 116 valence electrons. The van der Waals surface area contributed by atoms with Crippen molar-refractivity contribution in [1.82, 2.24) is 15.5 Å². The van der Waals surface area contributed by atoms with Crippen molar-refractivity contribution in [3.05, 3.63) is 35.6 Å². The second-order valence-electron chi connectivity index (χ2n) is 5.42. The Bertz CT molecular complexity index is 480. The minimum atomic E-state index is -0.171. The van der Waals surface area contributed by atoms with E-state index in [1.165, 1.54) is 6.07 Å². The molecular formula is C16H24FN3O. The van der Waals surface area contributed by atoms with Gasteiger partial charge in [-0.1, -0.05) is 25.1 Å². The Balaban J connectivity index is 1.95. The zero-order chi connectivity index (χ0) is 15.2. The van der Waals surface area contributed by atoms with E-state index in [2.05, 4.69) is 10.6 Å². The fourth-order valence-corrected chi connectivity index (χ4v) is 2.81. The third-order valence-electron chi connectivity index (χ3n) is 3.93. The molecule has 21 heavy (non-hydrogen) atoms. The van der Waals surface area contributed by atoms with E-state index in [4.69, 9.17) is 0 Å². The molecule has 1 aromatic rings. The van der Waals surface area contributed by atoms with Crippen LogP contribution in [0.3, 0.4) is 0 Å². The van der Waals surface area contributed by atoms with Crippen LogP contribution in [0.25, 0.3) is 0 Å². The van der Waals surface area contributed by atoms with Gasteiger partial charge in [-0.3, -0.25) is 0 Å². The quantitative estimate of drug-likeness (QED) is 0.876. The monoisotopic (exact) mass is 293 g/mol. The number of nitrogens with one attached hydrogen (secondary N) is 2. The molecule has 0 aliphatic carbocycles. The second kappa shape index (κ2) is 7.41. The van der Waals surface area contributed by atoms with E-state index in [0.717, 1.165) is 19.4 Å². The Hall–Kier alpha value is -1.62. The highest BCUT2D eigenvalue weighted by molar-refractivity contribution is 5.74. The van der Waals surface area contributed by atoms with Crippen molar-refractivity contribution in [2.45, 2.75) is 38.8 Å². The maximum absolute atomic E-state index is 13.9. The number of nitrogens with zero attached hydrogens (tertiary/aromatic N) is 1. The number of rotatable bonds is 5. The number of carbonyl (C=O) groups is 1. The minimum absolute atomic E-state index is 0.00890. The summed E-state index contributed by atoms with van der Waals surface area (Å²) in [4.78, 5) is 13.6. The predicted octanol–water partition coefficient (Wildman–Crippen LogP) is 2.67. The summed E-state index contributed by atoms with van der Waals surface area (Å²) in [5.41, 5.74) is 0.705. The van der Waals surface area contributed by atoms with Crippen molar-refractivity contribution in [3.63, 3.8) is 0 Å². The zero-order valence-electron chi connectivity index (χ0n) is 12.7. The van der Waals surface area contributed by atoms with E-state index in [0.29, 0.717) is 18.7 Å². The van der Waals surface area contributed by atoms with E-state index in [1.54, 1.807) is 6.07 Å². The molecule has 1 aliphatic rings. The van der Waals surface area contributed by atoms with E-state index in [1.807, 2.05) is 30.9 Å². The summed E-state index contributed by atoms with van der Waals surface area (Å²) in [6.07, 6.45) is 1.72. The van der Waals surface area contributed by atoms with Crippen molar-refractivity contribution in [1.29, 1.82) is 0 Å². The molecule has 1 saturated heterocycles. The van der Waals surface area contributed by atoms with Crippen LogP contribution < -0.4 is 10.6 Å². The third kappa shape index (κ3) is 3.94. The maximum atomic E-state index is 13.9. The van der Waals surface area contributed by atoms with Crippen LogP contribution in [0.4, 0.5) is 9.18 Å². The molecule has 2 N–H and O–H groups in total. The first-order chi connectivity index (χ1) is 10.2. The summed E-state index contributed by atoms with van der Waals surface area (Å²) in [6, 6.07) is 7.09. The normalized spacial score (nSPS) is 19.6. The first kappa shape index (κ1) is 15.8. The Morgan fingerprint density at radius 3 is 2.86 bits per heavy atom. The number of likely N-dealkylation sites (tertiary alicyclic amines) is 1.